The van der Waals surface area contributed by atoms with Crippen molar-refractivity contribution in [3.05, 3.63) is 77.7 Å². The van der Waals surface area contributed by atoms with E-state index in [0.29, 0.717) is 36.0 Å². The van der Waals surface area contributed by atoms with Gasteiger partial charge in [0.25, 0.3) is 5.91 Å². The quantitative estimate of drug-likeness (QED) is 0.469. The molecule has 2 amide bonds. The molecule has 3 heterocycles. The van der Waals surface area contributed by atoms with Crippen LogP contribution < -0.4 is 16.4 Å². The van der Waals surface area contributed by atoms with E-state index >= 15 is 0 Å². The minimum absolute atomic E-state index is 0.238. The molecular formula is C26H30N6O2. The lowest BCUT2D eigenvalue weighted by Gasteiger charge is -2.32. The number of benzene rings is 1. The zero-order chi connectivity index (χ0) is 23.9. The predicted molar refractivity (Wildman–Crippen MR) is 133 cm³/mol. The Morgan fingerprint density at radius 3 is 2.50 bits per heavy atom. The van der Waals surface area contributed by atoms with Crippen LogP contribution in [0.25, 0.3) is 0 Å². The summed E-state index contributed by atoms with van der Waals surface area (Å²) in [5.41, 5.74) is 9.48. The van der Waals surface area contributed by atoms with Crippen LogP contribution in [0.15, 0.2) is 60.9 Å². The molecule has 0 unspecified atom stereocenters. The van der Waals surface area contributed by atoms with Crippen LogP contribution >= 0.6 is 0 Å². The Balaban J connectivity index is 1.41. The van der Waals surface area contributed by atoms with Crippen LogP contribution in [0.2, 0.25) is 0 Å². The van der Waals surface area contributed by atoms with Gasteiger partial charge in [0, 0.05) is 43.7 Å². The second-order valence-corrected chi connectivity index (χ2v) is 8.41. The van der Waals surface area contributed by atoms with Crippen LogP contribution in [-0.2, 0) is 11.3 Å². The van der Waals surface area contributed by atoms with E-state index in [2.05, 4.69) is 32.7 Å². The third-order valence-electron chi connectivity index (χ3n) is 6.16. The molecule has 0 saturated carbocycles. The van der Waals surface area contributed by atoms with E-state index in [0.717, 1.165) is 37.3 Å². The SMILES string of the molecule is CCC(=O)N1CCC(c2ccc(Nc3cc(NCc4ccccn4)c(C(N)=O)cn3)cc2)CC1. The number of hydrogen-bond acceptors (Lipinski definition) is 6. The van der Waals surface area contributed by atoms with Gasteiger partial charge in [-0.05, 0) is 48.6 Å². The van der Waals surface area contributed by atoms with Crippen molar-refractivity contribution in [3.63, 3.8) is 0 Å². The molecule has 34 heavy (non-hydrogen) atoms. The number of nitrogens with one attached hydrogen (secondary N) is 2. The Labute approximate surface area is 199 Å². The van der Waals surface area contributed by atoms with Gasteiger partial charge in [-0.3, -0.25) is 14.6 Å². The number of hydrogen-bond donors (Lipinski definition) is 3. The number of likely N-dealkylation sites (tertiary alicyclic amines) is 1. The first-order valence-corrected chi connectivity index (χ1v) is 11.6. The zero-order valence-corrected chi connectivity index (χ0v) is 19.3. The van der Waals surface area contributed by atoms with Crippen LogP contribution in [0.5, 0.6) is 0 Å². The number of carbonyl (C=O) groups is 2. The van der Waals surface area contributed by atoms with Gasteiger partial charge in [0.1, 0.15) is 5.82 Å². The van der Waals surface area contributed by atoms with Crippen LogP contribution in [-0.4, -0.2) is 39.8 Å². The molecule has 0 bridgehead atoms. The second-order valence-electron chi connectivity index (χ2n) is 8.41. The molecular weight excluding hydrogens is 428 g/mol. The first-order chi connectivity index (χ1) is 16.5. The van der Waals surface area contributed by atoms with Gasteiger partial charge in [-0.2, -0.15) is 0 Å². The molecule has 8 heteroatoms. The number of carbonyl (C=O) groups excluding carboxylic acids is 2. The summed E-state index contributed by atoms with van der Waals surface area (Å²) in [5.74, 6) is 0.762. The predicted octanol–water partition coefficient (Wildman–Crippen LogP) is 4.05. The van der Waals surface area contributed by atoms with Crippen LogP contribution in [0.3, 0.4) is 0 Å². The third kappa shape index (κ3) is 5.70. The largest absolute Gasteiger partial charge is 0.379 e. The minimum Gasteiger partial charge on any atom is -0.379 e. The van der Waals surface area contributed by atoms with Crippen molar-refractivity contribution in [1.29, 1.82) is 0 Å². The standard InChI is InChI=1S/C26H30N6O2/c1-2-25(33)32-13-10-19(11-14-32)18-6-8-20(9-7-18)31-24-15-23(22(17-30-24)26(27)34)29-16-21-5-3-4-12-28-21/h3-9,12,15,17,19H,2,10-11,13-14,16H2,1H3,(H2,27,34)(H2,29,30,31). The van der Waals surface area contributed by atoms with Crippen molar-refractivity contribution in [2.75, 3.05) is 23.7 Å². The molecule has 4 N–H and O–H groups in total. The van der Waals surface area contributed by atoms with Gasteiger partial charge in [0.2, 0.25) is 5.91 Å². The Kier molecular flexibility index (Phi) is 7.37. The maximum Gasteiger partial charge on any atom is 0.252 e. The maximum absolute atomic E-state index is 11.9. The highest BCUT2D eigenvalue weighted by molar-refractivity contribution is 5.98. The van der Waals surface area contributed by atoms with E-state index in [1.807, 2.05) is 42.2 Å². The topological polar surface area (TPSA) is 113 Å². The monoisotopic (exact) mass is 458 g/mol. The highest BCUT2D eigenvalue weighted by Gasteiger charge is 2.22. The molecule has 8 nitrogen and oxygen atoms in total. The van der Waals surface area contributed by atoms with Crippen molar-refractivity contribution >= 4 is 29.0 Å². The molecule has 0 aliphatic carbocycles. The molecule has 1 saturated heterocycles. The van der Waals surface area contributed by atoms with Crippen molar-refractivity contribution in [3.8, 4) is 0 Å². The summed E-state index contributed by atoms with van der Waals surface area (Å²) in [6.45, 7) is 4.02. The lowest BCUT2D eigenvalue weighted by Crippen LogP contribution is -2.37. The molecule has 1 fully saturated rings. The van der Waals surface area contributed by atoms with E-state index in [4.69, 9.17) is 5.73 Å². The Morgan fingerprint density at radius 1 is 1.09 bits per heavy atom. The van der Waals surface area contributed by atoms with Gasteiger partial charge in [-0.15, -0.1) is 0 Å². The van der Waals surface area contributed by atoms with Crippen LogP contribution in [0.1, 0.15) is 53.7 Å². The second kappa shape index (κ2) is 10.8. The van der Waals surface area contributed by atoms with Crippen LogP contribution in [0, 0.1) is 0 Å². The number of primary amides is 1. The third-order valence-corrected chi connectivity index (χ3v) is 6.16. The Morgan fingerprint density at radius 2 is 1.85 bits per heavy atom. The summed E-state index contributed by atoms with van der Waals surface area (Å²) >= 11 is 0. The molecule has 3 aromatic rings. The number of aromatic nitrogens is 2. The minimum atomic E-state index is -0.543. The van der Waals surface area contributed by atoms with E-state index in [1.165, 1.54) is 11.8 Å². The van der Waals surface area contributed by atoms with E-state index in [9.17, 15) is 9.59 Å². The number of piperidine rings is 1. The zero-order valence-electron chi connectivity index (χ0n) is 19.3. The number of amides is 2. The summed E-state index contributed by atoms with van der Waals surface area (Å²) in [5, 5.41) is 6.53. The van der Waals surface area contributed by atoms with E-state index < -0.39 is 5.91 Å². The number of anilines is 3. The maximum atomic E-state index is 11.9. The number of rotatable bonds is 8. The van der Waals surface area contributed by atoms with E-state index in [-0.39, 0.29) is 5.91 Å². The summed E-state index contributed by atoms with van der Waals surface area (Å²) in [4.78, 5) is 34.4. The van der Waals surface area contributed by atoms with Gasteiger partial charge in [0.15, 0.2) is 0 Å². The van der Waals surface area contributed by atoms with Gasteiger partial charge in [-0.1, -0.05) is 25.1 Å². The fraction of sp³-hybridized carbons (Fsp3) is 0.308. The fourth-order valence-electron chi connectivity index (χ4n) is 4.23. The summed E-state index contributed by atoms with van der Waals surface area (Å²) < 4.78 is 0. The first kappa shape index (κ1) is 23.2. The molecule has 0 radical (unpaired) electrons. The summed E-state index contributed by atoms with van der Waals surface area (Å²) in [6.07, 6.45) is 5.74. The average molecular weight is 459 g/mol. The lowest BCUT2D eigenvalue weighted by atomic mass is 9.89. The molecule has 1 aromatic carbocycles. The molecule has 176 valence electrons. The van der Waals surface area contributed by atoms with Crippen molar-refractivity contribution in [2.24, 2.45) is 5.73 Å². The van der Waals surface area contributed by atoms with Gasteiger partial charge in [-0.25, -0.2) is 4.98 Å². The Hall–Kier alpha value is -3.94. The van der Waals surface area contributed by atoms with Crippen LogP contribution in [0.4, 0.5) is 17.2 Å². The van der Waals surface area contributed by atoms with Gasteiger partial charge < -0.3 is 21.3 Å². The molecule has 2 aromatic heterocycles. The molecule has 0 spiro atoms. The molecule has 1 aliphatic rings. The fourth-order valence-corrected chi connectivity index (χ4v) is 4.23. The highest BCUT2D eigenvalue weighted by atomic mass is 16.2. The Bertz CT molecular complexity index is 1130. The average Bonchev–Trinajstić information content (AvgIpc) is 2.88. The normalized spacial score (nSPS) is 14.0. The smallest absolute Gasteiger partial charge is 0.252 e. The van der Waals surface area contributed by atoms with Crippen molar-refractivity contribution in [1.82, 2.24) is 14.9 Å². The van der Waals surface area contributed by atoms with Gasteiger partial charge in [0.05, 0.1) is 23.5 Å². The first-order valence-electron chi connectivity index (χ1n) is 11.6. The number of nitrogens with two attached hydrogens (primary N) is 1. The highest BCUT2D eigenvalue weighted by Crippen LogP contribution is 2.30. The number of pyridine rings is 2. The summed E-state index contributed by atoms with van der Waals surface area (Å²) in [6, 6.07) is 15.8. The summed E-state index contributed by atoms with van der Waals surface area (Å²) in [7, 11) is 0. The van der Waals surface area contributed by atoms with Crippen molar-refractivity contribution < 1.29 is 9.59 Å². The molecule has 4 rings (SSSR count). The van der Waals surface area contributed by atoms with Crippen molar-refractivity contribution in [2.45, 2.75) is 38.6 Å². The number of nitrogens with zero attached hydrogens (tertiary/aromatic N) is 3. The lowest BCUT2D eigenvalue weighted by molar-refractivity contribution is -0.131. The molecule has 0 atom stereocenters. The van der Waals surface area contributed by atoms with Gasteiger partial charge >= 0.3 is 0 Å². The van der Waals surface area contributed by atoms with E-state index in [1.54, 1.807) is 12.3 Å². The molecule has 1 aliphatic heterocycles.